The molecule has 148 valence electrons. The van der Waals surface area contributed by atoms with Gasteiger partial charge in [0.15, 0.2) is 0 Å². The van der Waals surface area contributed by atoms with Gasteiger partial charge in [-0.15, -0.1) is 0 Å². The van der Waals surface area contributed by atoms with E-state index in [1.54, 1.807) is 18.0 Å². The first kappa shape index (κ1) is 20.2. The first-order valence-corrected chi connectivity index (χ1v) is 9.60. The highest BCUT2D eigenvalue weighted by Gasteiger charge is 2.21. The molecule has 1 aliphatic heterocycles. The molecule has 0 bridgehead atoms. The van der Waals surface area contributed by atoms with Gasteiger partial charge >= 0.3 is 0 Å². The number of nitrogens with one attached hydrogen (secondary N) is 1. The van der Waals surface area contributed by atoms with Crippen molar-refractivity contribution >= 4 is 11.8 Å². The monoisotopic (exact) mass is 388 g/mol. The van der Waals surface area contributed by atoms with Crippen molar-refractivity contribution in [2.75, 3.05) is 26.2 Å². The van der Waals surface area contributed by atoms with Crippen molar-refractivity contribution in [1.82, 2.24) is 15.1 Å². The number of carbonyl (C=O) groups excluding carboxylic acids is 2. The summed E-state index contributed by atoms with van der Waals surface area (Å²) in [6.45, 7) is 3.91. The molecule has 3 rings (SSSR count). The highest BCUT2D eigenvalue weighted by atomic mass is 16.2. The maximum Gasteiger partial charge on any atom is 0.264 e. The van der Waals surface area contributed by atoms with Crippen LogP contribution in [-0.4, -0.2) is 47.8 Å². The summed E-state index contributed by atoms with van der Waals surface area (Å²) in [5.74, 6) is -0.375. The summed E-state index contributed by atoms with van der Waals surface area (Å²) in [5, 5.41) is 12.5. The van der Waals surface area contributed by atoms with Gasteiger partial charge in [0.25, 0.3) is 5.91 Å². The summed E-state index contributed by atoms with van der Waals surface area (Å²) >= 11 is 0. The highest BCUT2D eigenvalue weighted by Crippen LogP contribution is 2.22. The molecule has 0 aliphatic carbocycles. The molecule has 6 nitrogen and oxygen atoms in total. The highest BCUT2D eigenvalue weighted by molar-refractivity contribution is 5.97. The van der Waals surface area contributed by atoms with Gasteiger partial charge in [-0.3, -0.25) is 9.59 Å². The summed E-state index contributed by atoms with van der Waals surface area (Å²) in [5.41, 5.74) is 1.94. The second-order valence-corrected chi connectivity index (χ2v) is 6.92. The van der Waals surface area contributed by atoms with Crippen molar-refractivity contribution < 1.29 is 9.59 Å². The first-order chi connectivity index (χ1) is 14.1. The summed E-state index contributed by atoms with van der Waals surface area (Å²) in [4.78, 5) is 28.0. The molecule has 1 N–H and O–H groups in total. The molecule has 0 atom stereocenters. The van der Waals surface area contributed by atoms with E-state index in [1.165, 1.54) is 0 Å². The molecular formula is C23H24N4O2. The lowest BCUT2D eigenvalue weighted by molar-refractivity contribution is -0.130. The van der Waals surface area contributed by atoms with Crippen molar-refractivity contribution in [3.05, 3.63) is 83.6 Å². The van der Waals surface area contributed by atoms with Crippen molar-refractivity contribution in [2.24, 2.45) is 0 Å². The lowest BCUT2D eigenvalue weighted by Crippen LogP contribution is -2.46. The fourth-order valence-electron chi connectivity index (χ4n) is 3.35. The van der Waals surface area contributed by atoms with Gasteiger partial charge in [-0.25, -0.2) is 0 Å². The summed E-state index contributed by atoms with van der Waals surface area (Å²) < 4.78 is 0. The van der Waals surface area contributed by atoms with E-state index in [0.29, 0.717) is 26.2 Å². The number of amides is 2. The van der Waals surface area contributed by atoms with Crippen LogP contribution in [0.2, 0.25) is 0 Å². The Kier molecular flexibility index (Phi) is 6.64. The number of hydrogen-bond acceptors (Lipinski definition) is 4. The van der Waals surface area contributed by atoms with E-state index in [2.05, 4.69) is 5.32 Å². The largest absolute Gasteiger partial charge is 0.373 e. The Morgan fingerprint density at radius 2 is 1.48 bits per heavy atom. The zero-order valence-corrected chi connectivity index (χ0v) is 16.4. The smallest absolute Gasteiger partial charge is 0.264 e. The molecule has 0 saturated carbocycles. The van der Waals surface area contributed by atoms with Crippen molar-refractivity contribution in [3.8, 4) is 6.07 Å². The third kappa shape index (κ3) is 5.23. The Morgan fingerprint density at radius 3 is 1.93 bits per heavy atom. The normalized spacial score (nSPS) is 14.4. The fraction of sp³-hybridized carbons (Fsp3) is 0.261. The lowest BCUT2D eigenvalue weighted by Gasteiger charge is -2.33. The van der Waals surface area contributed by atoms with Crippen LogP contribution in [0.15, 0.2) is 72.4 Å². The maximum atomic E-state index is 12.9. The molecule has 0 unspecified atom stereocenters. The molecule has 2 aromatic carbocycles. The van der Waals surface area contributed by atoms with E-state index in [1.807, 2.05) is 71.6 Å². The molecule has 1 fully saturated rings. The van der Waals surface area contributed by atoms with Crippen molar-refractivity contribution in [3.63, 3.8) is 0 Å². The molecule has 1 heterocycles. The van der Waals surface area contributed by atoms with E-state index < -0.39 is 5.91 Å². The Morgan fingerprint density at radius 1 is 0.966 bits per heavy atom. The third-order valence-electron chi connectivity index (χ3n) is 4.98. The second-order valence-electron chi connectivity index (χ2n) is 6.92. The number of piperazine rings is 1. The van der Waals surface area contributed by atoms with Crippen LogP contribution in [0.1, 0.15) is 24.1 Å². The zero-order valence-electron chi connectivity index (χ0n) is 16.4. The minimum Gasteiger partial charge on any atom is -0.373 e. The van der Waals surface area contributed by atoms with Gasteiger partial charge in [0.1, 0.15) is 11.6 Å². The molecule has 2 aromatic rings. The predicted molar refractivity (Wildman–Crippen MR) is 110 cm³/mol. The average Bonchev–Trinajstić information content (AvgIpc) is 2.77. The van der Waals surface area contributed by atoms with Gasteiger partial charge in [0, 0.05) is 39.3 Å². The second kappa shape index (κ2) is 9.56. The zero-order chi connectivity index (χ0) is 20.6. The number of rotatable bonds is 5. The van der Waals surface area contributed by atoms with Crippen LogP contribution in [0.3, 0.4) is 0 Å². The van der Waals surface area contributed by atoms with Crippen LogP contribution < -0.4 is 5.32 Å². The number of hydrogen-bond donors (Lipinski definition) is 1. The van der Waals surface area contributed by atoms with Gasteiger partial charge in [-0.2, -0.15) is 5.26 Å². The van der Waals surface area contributed by atoms with Crippen LogP contribution in [0.25, 0.3) is 0 Å². The Bertz CT molecular complexity index is 871. The van der Waals surface area contributed by atoms with E-state index in [4.69, 9.17) is 0 Å². The fourth-order valence-corrected chi connectivity index (χ4v) is 3.35. The quantitative estimate of drug-likeness (QED) is 0.631. The molecule has 2 amide bonds. The van der Waals surface area contributed by atoms with Crippen LogP contribution in [0, 0.1) is 11.3 Å². The topological polar surface area (TPSA) is 76.4 Å². The average molecular weight is 388 g/mol. The molecule has 0 spiro atoms. The third-order valence-corrected chi connectivity index (χ3v) is 4.98. The van der Waals surface area contributed by atoms with Crippen LogP contribution in [0.5, 0.6) is 0 Å². The molecule has 1 aliphatic rings. The minimum absolute atomic E-state index is 0.0421. The van der Waals surface area contributed by atoms with Crippen molar-refractivity contribution in [1.29, 1.82) is 5.26 Å². The molecule has 0 radical (unpaired) electrons. The van der Waals surface area contributed by atoms with Crippen LogP contribution in [0.4, 0.5) is 0 Å². The maximum absolute atomic E-state index is 12.9. The first-order valence-electron chi connectivity index (χ1n) is 9.60. The van der Waals surface area contributed by atoms with E-state index in [9.17, 15) is 14.9 Å². The SMILES string of the molecule is CC(=O)N1CCN(/C=C(/C#N)C(=O)NC(c2ccccc2)c2ccccc2)CC1. The number of benzene rings is 2. The van der Waals surface area contributed by atoms with Gasteiger partial charge in [-0.05, 0) is 11.1 Å². The molecule has 0 aromatic heterocycles. The van der Waals surface area contributed by atoms with Crippen LogP contribution >= 0.6 is 0 Å². The van der Waals surface area contributed by atoms with E-state index in [-0.39, 0.29) is 17.5 Å². The molecule has 6 heteroatoms. The predicted octanol–water partition coefficient (Wildman–Crippen LogP) is 2.46. The van der Waals surface area contributed by atoms with Gasteiger partial charge in [0.05, 0.1) is 6.04 Å². The Labute approximate surface area is 171 Å². The minimum atomic E-state index is -0.417. The molecule has 1 saturated heterocycles. The summed E-state index contributed by atoms with van der Waals surface area (Å²) in [7, 11) is 0. The van der Waals surface area contributed by atoms with E-state index >= 15 is 0 Å². The Hall–Kier alpha value is -3.59. The Balaban J connectivity index is 1.76. The molecule has 29 heavy (non-hydrogen) atoms. The van der Waals surface area contributed by atoms with Crippen molar-refractivity contribution in [2.45, 2.75) is 13.0 Å². The number of nitrogens with zero attached hydrogens (tertiary/aromatic N) is 3. The lowest BCUT2D eigenvalue weighted by atomic mass is 9.98. The van der Waals surface area contributed by atoms with Gasteiger partial charge in [-0.1, -0.05) is 60.7 Å². The summed E-state index contributed by atoms with van der Waals surface area (Å²) in [6, 6.07) is 21.0. The summed E-state index contributed by atoms with van der Waals surface area (Å²) in [6.07, 6.45) is 1.60. The van der Waals surface area contributed by atoms with Gasteiger partial charge in [0.2, 0.25) is 5.91 Å². The number of nitriles is 1. The standard InChI is InChI=1S/C23H24N4O2/c1-18(28)27-14-12-26(13-15-27)17-21(16-24)23(29)25-22(19-8-4-2-5-9-19)20-10-6-3-7-11-20/h2-11,17,22H,12-15H2,1H3,(H,25,29)/b21-17-. The van der Waals surface area contributed by atoms with E-state index in [0.717, 1.165) is 11.1 Å². The van der Waals surface area contributed by atoms with Gasteiger partial charge < -0.3 is 15.1 Å². The number of carbonyl (C=O) groups is 2. The molecular weight excluding hydrogens is 364 g/mol. The van der Waals surface area contributed by atoms with Crippen LogP contribution in [-0.2, 0) is 9.59 Å².